The number of rotatable bonds is 0. The first-order chi connectivity index (χ1) is 7.32. The maximum absolute atomic E-state index is 11.7. The molecule has 0 aliphatic carbocycles. The Hall–Kier alpha value is -1.23. The third-order valence-electron chi connectivity index (χ3n) is 2.52. The molecule has 0 saturated carbocycles. The number of aryl methyl sites for hydroxylation is 1. The fraction of sp³-hybridized carbons (Fsp3) is 0.600. The highest BCUT2D eigenvalue weighted by atomic mass is 35.5. The summed E-state index contributed by atoms with van der Waals surface area (Å²) in [7, 11) is 1.73. The Bertz CT molecular complexity index is 446. The lowest BCUT2D eigenvalue weighted by Gasteiger charge is -2.24. The summed E-state index contributed by atoms with van der Waals surface area (Å²) in [6.07, 6.45) is 0. The Morgan fingerprint density at radius 3 is 2.56 bits per heavy atom. The molecule has 0 bridgehead atoms. The summed E-state index contributed by atoms with van der Waals surface area (Å²) >= 11 is 6.07. The quantitative estimate of drug-likeness (QED) is 0.645. The molecule has 0 spiro atoms. The van der Waals surface area contributed by atoms with Crippen molar-refractivity contribution in [3.63, 3.8) is 0 Å². The molecule has 87 valence electrons. The number of carbonyl (C=O) groups is 1. The summed E-state index contributed by atoms with van der Waals surface area (Å²) in [5.74, 6) is -0.252. The number of amides is 1. The zero-order chi connectivity index (χ0) is 12.1. The molecule has 1 aromatic rings. The van der Waals surface area contributed by atoms with Gasteiger partial charge in [0.1, 0.15) is 12.4 Å². The van der Waals surface area contributed by atoms with Crippen LogP contribution >= 0.6 is 11.8 Å². The van der Waals surface area contributed by atoms with E-state index < -0.39 is 0 Å². The number of aromatic nitrogens is 2. The minimum Gasteiger partial charge on any atom is -0.265 e. The van der Waals surface area contributed by atoms with Crippen molar-refractivity contribution in [1.82, 2.24) is 15.1 Å². The number of halogens is 1. The van der Waals surface area contributed by atoms with Crippen LogP contribution in [0.2, 0.25) is 0 Å². The van der Waals surface area contributed by atoms with Gasteiger partial charge in [0.05, 0.1) is 5.69 Å². The summed E-state index contributed by atoms with van der Waals surface area (Å²) in [6, 6.07) is 0. The van der Waals surface area contributed by atoms with Crippen LogP contribution in [0, 0.1) is 0 Å². The van der Waals surface area contributed by atoms with Gasteiger partial charge in [-0.15, -0.1) is 0 Å². The van der Waals surface area contributed by atoms with Crippen molar-refractivity contribution in [3.8, 4) is 0 Å². The molecule has 0 aromatic carbocycles. The van der Waals surface area contributed by atoms with Crippen molar-refractivity contribution < 1.29 is 4.79 Å². The Morgan fingerprint density at radius 1 is 1.38 bits per heavy atom. The third kappa shape index (κ3) is 1.55. The maximum atomic E-state index is 11.7. The van der Waals surface area contributed by atoms with Crippen LogP contribution in [0.5, 0.6) is 0 Å². The Kier molecular flexibility index (Phi) is 2.38. The lowest BCUT2D eigenvalue weighted by molar-refractivity contribution is 0.0936. The zero-order valence-electron chi connectivity index (χ0n) is 9.78. The fourth-order valence-corrected chi connectivity index (χ4v) is 1.97. The Balaban J connectivity index is 2.67. The number of nitrogens with zero attached hydrogens (tertiary/aromatic N) is 4. The normalized spacial score (nSPS) is 16.1. The second-order valence-electron chi connectivity index (χ2n) is 4.89. The van der Waals surface area contributed by atoms with Crippen molar-refractivity contribution >= 4 is 23.4 Å². The van der Waals surface area contributed by atoms with Crippen LogP contribution in [0.3, 0.4) is 0 Å². The molecule has 0 N–H and O–H groups in total. The van der Waals surface area contributed by atoms with E-state index in [0.29, 0.717) is 11.4 Å². The topological polar surface area (TPSA) is 52.2 Å². The van der Waals surface area contributed by atoms with Crippen LogP contribution in [-0.4, -0.2) is 22.4 Å². The highest BCUT2D eigenvalue weighted by Gasteiger charge is 2.35. The van der Waals surface area contributed by atoms with E-state index >= 15 is 0 Å². The van der Waals surface area contributed by atoms with E-state index in [9.17, 15) is 4.79 Å². The summed E-state index contributed by atoms with van der Waals surface area (Å²) in [5.41, 5.74) is 1.82. The van der Waals surface area contributed by atoms with Gasteiger partial charge in [-0.25, -0.2) is 5.32 Å². The van der Waals surface area contributed by atoms with E-state index in [2.05, 4.69) is 10.4 Å². The molecule has 2 rings (SSSR count). The minimum absolute atomic E-state index is 0.157. The molecular formula is C10H14ClN4O. The number of anilines is 1. The van der Waals surface area contributed by atoms with Crippen molar-refractivity contribution in [1.29, 1.82) is 0 Å². The van der Waals surface area contributed by atoms with Crippen molar-refractivity contribution in [2.45, 2.75) is 26.2 Å². The van der Waals surface area contributed by atoms with Gasteiger partial charge in [-0.05, 0) is 0 Å². The molecule has 1 aliphatic heterocycles. The molecule has 6 heteroatoms. The molecule has 0 unspecified atom stereocenters. The second kappa shape index (κ2) is 3.38. The Labute approximate surface area is 99.5 Å². The first-order valence-corrected chi connectivity index (χ1v) is 5.39. The standard InChI is InChI=1S/C10H14ClN4O/c1-10(2,3)8-6-7(14(4)13-8)9(16)12-5-15(6)11/h5H2,1-4H3. The van der Waals surface area contributed by atoms with Crippen LogP contribution in [0.1, 0.15) is 37.0 Å². The minimum atomic E-state index is -0.252. The SMILES string of the molecule is Cn1nc(C(C)(C)C)c2c1C(=O)[N]CN2Cl. The summed E-state index contributed by atoms with van der Waals surface area (Å²) < 4.78 is 3.00. The molecule has 0 fully saturated rings. The molecule has 16 heavy (non-hydrogen) atoms. The van der Waals surface area contributed by atoms with Gasteiger partial charge in [0.15, 0.2) is 5.69 Å². The summed E-state index contributed by atoms with van der Waals surface area (Å²) in [4.78, 5) is 11.7. The highest BCUT2D eigenvalue weighted by molar-refractivity contribution is 6.28. The number of fused-ring (bicyclic) bond motifs is 1. The average molecular weight is 242 g/mol. The molecule has 2 heterocycles. The van der Waals surface area contributed by atoms with Gasteiger partial charge in [0.2, 0.25) is 0 Å². The van der Waals surface area contributed by atoms with Crippen molar-refractivity contribution in [2.75, 3.05) is 11.1 Å². The van der Waals surface area contributed by atoms with E-state index in [1.165, 1.54) is 4.42 Å². The lowest BCUT2D eigenvalue weighted by Crippen LogP contribution is -2.35. The van der Waals surface area contributed by atoms with Crippen LogP contribution < -0.4 is 9.74 Å². The van der Waals surface area contributed by atoms with Crippen LogP contribution in [-0.2, 0) is 12.5 Å². The van der Waals surface area contributed by atoms with Gasteiger partial charge < -0.3 is 0 Å². The molecule has 1 amide bonds. The zero-order valence-corrected chi connectivity index (χ0v) is 10.5. The number of hydrogen-bond donors (Lipinski definition) is 0. The second-order valence-corrected chi connectivity index (χ2v) is 5.29. The first kappa shape index (κ1) is 11.3. The van der Waals surface area contributed by atoms with Crippen molar-refractivity contribution in [3.05, 3.63) is 11.4 Å². The first-order valence-electron chi connectivity index (χ1n) is 5.05. The van der Waals surface area contributed by atoms with Crippen molar-refractivity contribution in [2.24, 2.45) is 7.05 Å². The maximum Gasteiger partial charge on any atom is 0.294 e. The van der Waals surface area contributed by atoms with E-state index in [-0.39, 0.29) is 18.0 Å². The molecule has 1 aliphatic rings. The average Bonchev–Trinajstić information content (AvgIpc) is 2.51. The van der Waals surface area contributed by atoms with E-state index in [0.717, 1.165) is 5.69 Å². The molecule has 0 saturated heterocycles. The fourth-order valence-electron chi connectivity index (χ4n) is 1.76. The molecule has 1 aromatic heterocycles. The van der Waals surface area contributed by atoms with Gasteiger partial charge in [0, 0.05) is 24.2 Å². The predicted molar refractivity (Wildman–Crippen MR) is 61.6 cm³/mol. The molecule has 0 atom stereocenters. The molecule has 5 nitrogen and oxygen atoms in total. The van der Waals surface area contributed by atoms with Gasteiger partial charge in [-0.2, -0.15) is 5.10 Å². The predicted octanol–water partition coefficient (Wildman–Crippen LogP) is 1.39. The molecular weight excluding hydrogens is 228 g/mol. The van der Waals surface area contributed by atoms with E-state index in [4.69, 9.17) is 11.8 Å². The summed E-state index contributed by atoms with van der Waals surface area (Å²) in [5, 5.41) is 8.18. The van der Waals surface area contributed by atoms with Crippen LogP contribution in [0.4, 0.5) is 5.69 Å². The molecule has 1 radical (unpaired) electrons. The van der Waals surface area contributed by atoms with Gasteiger partial charge in [0.25, 0.3) is 5.91 Å². The van der Waals surface area contributed by atoms with Crippen LogP contribution in [0.25, 0.3) is 0 Å². The third-order valence-corrected chi connectivity index (χ3v) is 2.79. The summed E-state index contributed by atoms with van der Waals surface area (Å²) in [6.45, 7) is 6.30. The smallest absolute Gasteiger partial charge is 0.265 e. The van der Waals surface area contributed by atoms with Gasteiger partial charge >= 0.3 is 0 Å². The Morgan fingerprint density at radius 2 is 2.00 bits per heavy atom. The monoisotopic (exact) mass is 241 g/mol. The highest BCUT2D eigenvalue weighted by Crippen LogP contribution is 2.36. The van der Waals surface area contributed by atoms with E-state index in [1.54, 1.807) is 11.7 Å². The van der Waals surface area contributed by atoms with E-state index in [1.807, 2.05) is 20.8 Å². The van der Waals surface area contributed by atoms with Crippen LogP contribution in [0.15, 0.2) is 0 Å². The lowest BCUT2D eigenvalue weighted by atomic mass is 9.90. The van der Waals surface area contributed by atoms with Gasteiger partial charge in [-0.1, -0.05) is 20.8 Å². The largest absolute Gasteiger partial charge is 0.294 e. The number of hydrogen-bond acceptors (Lipinski definition) is 3. The van der Waals surface area contributed by atoms with Gasteiger partial charge in [-0.3, -0.25) is 13.9 Å². The number of carbonyl (C=O) groups excluding carboxylic acids is 1.